The Morgan fingerprint density at radius 3 is 2.08 bits per heavy atom. The van der Waals surface area contributed by atoms with E-state index in [1.807, 2.05) is 27.7 Å². The van der Waals surface area contributed by atoms with Crippen LogP contribution in [0.1, 0.15) is 39.0 Å². The van der Waals surface area contributed by atoms with Gasteiger partial charge in [0.1, 0.15) is 12.0 Å². The molecule has 0 saturated heterocycles. The van der Waals surface area contributed by atoms with Gasteiger partial charge in [-0.2, -0.15) is 0 Å². The molecule has 0 fully saturated rings. The molecule has 0 aliphatic heterocycles. The summed E-state index contributed by atoms with van der Waals surface area (Å²) in [5.41, 5.74) is 3.59. The smallest absolute Gasteiger partial charge is 0.131 e. The van der Waals surface area contributed by atoms with E-state index in [0.29, 0.717) is 0 Å². The number of aromatic nitrogens is 1. The van der Waals surface area contributed by atoms with E-state index >= 15 is 0 Å². The Morgan fingerprint density at radius 2 is 1.77 bits per heavy atom. The molecule has 1 aromatic heterocycles. The largest absolute Gasteiger partial charge is 0.363 e. The highest BCUT2D eigenvalue weighted by Gasteiger charge is 2.07. The number of allylic oxidation sites excluding steroid dienone is 2. The fourth-order valence-corrected chi connectivity index (χ4v) is 0.847. The van der Waals surface area contributed by atoms with Crippen molar-refractivity contribution in [1.82, 2.24) is 5.16 Å². The first-order chi connectivity index (χ1) is 6.13. The molecule has 72 valence electrons. The summed E-state index contributed by atoms with van der Waals surface area (Å²) in [4.78, 5) is 0. The van der Waals surface area contributed by atoms with E-state index in [9.17, 15) is 0 Å². The molecular weight excluding hydrogens is 162 g/mol. The maximum atomic E-state index is 4.80. The molecule has 0 bridgehead atoms. The third-order valence-corrected chi connectivity index (χ3v) is 1.43. The predicted molar refractivity (Wildman–Crippen MR) is 57.3 cm³/mol. The first-order valence-electron chi connectivity index (χ1n) is 4.39. The van der Waals surface area contributed by atoms with Crippen LogP contribution in [-0.4, -0.2) is 5.16 Å². The van der Waals surface area contributed by atoms with Gasteiger partial charge in [-0.15, -0.1) is 0 Å². The Morgan fingerprint density at radius 1 is 1.23 bits per heavy atom. The van der Waals surface area contributed by atoms with Gasteiger partial charge < -0.3 is 4.52 Å². The summed E-state index contributed by atoms with van der Waals surface area (Å²) in [6.07, 6.45) is 1.59. The zero-order valence-electron chi connectivity index (χ0n) is 8.85. The Balaban J connectivity index is 0.000000671. The van der Waals surface area contributed by atoms with Crippen molar-refractivity contribution in [2.45, 2.75) is 27.7 Å². The fourth-order valence-electron chi connectivity index (χ4n) is 0.847. The minimum absolute atomic E-state index is 0.803. The molecule has 0 atom stereocenters. The fraction of sp³-hybridized carbons (Fsp3) is 0.364. The second-order valence-electron chi connectivity index (χ2n) is 2.64. The Bertz CT molecular complexity index is 268. The topological polar surface area (TPSA) is 26.0 Å². The number of nitrogens with zero attached hydrogens (tertiary/aromatic N) is 1. The van der Waals surface area contributed by atoms with E-state index in [-0.39, 0.29) is 0 Å². The standard InChI is InChI=1S/C9H11NO.C2H6/c1-6(2)8-5-11-10-9(8)7(3)4;1-2/h5H,1,3H2,2,4H3;1-2H3. The molecule has 0 aliphatic carbocycles. The van der Waals surface area contributed by atoms with Crippen LogP contribution in [0.5, 0.6) is 0 Å². The molecule has 0 N–H and O–H groups in total. The van der Waals surface area contributed by atoms with Gasteiger partial charge in [-0.3, -0.25) is 0 Å². The molecule has 2 nitrogen and oxygen atoms in total. The molecule has 0 unspecified atom stereocenters. The third-order valence-electron chi connectivity index (χ3n) is 1.43. The Hall–Kier alpha value is -1.31. The number of rotatable bonds is 2. The lowest BCUT2D eigenvalue weighted by atomic mass is 10.1. The lowest BCUT2D eigenvalue weighted by molar-refractivity contribution is 0.417. The first kappa shape index (κ1) is 11.7. The maximum absolute atomic E-state index is 4.80. The van der Waals surface area contributed by atoms with Crippen LogP contribution in [0, 0.1) is 0 Å². The Labute approximate surface area is 79.9 Å². The van der Waals surface area contributed by atoms with Gasteiger partial charge in [-0.05, 0) is 25.0 Å². The van der Waals surface area contributed by atoms with Gasteiger partial charge >= 0.3 is 0 Å². The van der Waals surface area contributed by atoms with Crippen molar-refractivity contribution in [3.05, 3.63) is 30.7 Å². The normalized spacial score (nSPS) is 8.62. The van der Waals surface area contributed by atoms with Crippen LogP contribution >= 0.6 is 0 Å². The van der Waals surface area contributed by atoms with Gasteiger partial charge in [0.25, 0.3) is 0 Å². The quantitative estimate of drug-likeness (QED) is 0.690. The van der Waals surface area contributed by atoms with Crippen LogP contribution in [0.15, 0.2) is 23.9 Å². The van der Waals surface area contributed by atoms with E-state index < -0.39 is 0 Å². The summed E-state index contributed by atoms with van der Waals surface area (Å²) in [6.45, 7) is 15.4. The van der Waals surface area contributed by atoms with Crippen molar-refractivity contribution in [3.63, 3.8) is 0 Å². The lowest BCUT2D eigenvalue weighted by Crippen LogP contribution is -1.83. The van der Waals surface area contributed by atoms with Gasteiger partial charge in [0.2, 0.25) is 0 Å². The van der Waals surface area contributed by atoms with Crippen LogP contribution in [-0.2, 0) is 0 Å². The predicted octanol–water partition coefficient (Wildman–Crippen LogP) is 3.77. The molecule has 2 heteroatoms. The molecule has 0 spiro atoms. The van der Waals surface area contributed by atoms with Crippen molar-refractivity contribution >= 4 is 11.1 Å². The summed E-state index contributed by atoms with van der Waals surface area (Å²) in [7, 11) is 0. The number of hydrogen-bond donors (Lipinski definition) is 0. The third kappa shape index (κ3) is 2.90. The minimum Gasteiger partial charge on any atom is -0.363 e. The molecular formula is C11H17NO. The molecule has 0 amide bonds. The van der Waals surface area contributed by atoms with E-state index in [2.05, 4.69) is 18.3 Å². The second kappa shape index (κ2) is 5.36. The van der Waals surface area contributed by atoms with Crippen LogP contribution in [0.2, 0.25) is 0 Å². The molecule has 1 aromatic rings. The van der Waals surface area contributed by atoms with E-state index in [1.54, 1.807) is 6.26 Å². The van der Waals surface area contributed by atoms with Crippen molar-refractivity contribution in [2.75, 3.05) is 0 Å². The highest BCUT2D eigenvalue weighted by atomic mass is 16.5. The van der Waals surface area contributed by atoms with Crippen molar-refractivity contribution in [3.8, 4) is 0 Å². The lowest BCUT2D eigenvalue weighted by Gasteiger charge is -1.96. The monoisotopic (exact) mass is 179 g/mol. The van der Waals surface area contributed by atoms with Gasteiger partial charge in [0, 0.05) is 5.56 Å². The molecule has 1 rings (SSSR count). The summed E-state index contributed by atoms with van der Waals surface area (Å²) < 4.78 is 4.80. The molecule has 1 heterocycles. The highest BCUT2D eigenvalue weighted by molar-refractivity contribution is 5.73. The summed E-state index contributed by atoms with van der Waals surface area (Å²) in [5, 5.41) is 3.80. The van der Waals surface area contributed by atoms with Crippen molar-refractivity contribution in [2.24, 2.45) is 0 Å². The van der Waals surface area contributed by atoms with Crippen molar-refractivity contribution < 1.29 is 4.52 Å². The summed E-state index contributed by atoms with van der Waals surface area (Å²) in [6, 6.07) is 0. The summed E-state index contributed by atoms with van der Waals surface area (Å²) >= 11 is 0. The zero-order valence-corrected chi connectivity index (χ0v) is 8.85. The molecule has 13 heavy (non-hydrogen) atoms. The van der Waals surface area contributed by atoms with E-state index in [1.165, 1.54) is 0 Å². The van der Waals surface area contributed by atoms with Gasteiger partial charge in [-0.1, -0.05) is 32.2 Å². The average Bonchev–Trinajstić information content (AvgIpc) is 2.55. The Kier molecular flexibility index (Phi) is 4.82. The van der Waals surface area contributed by atoms with E-state index in [4.69, 9.17) is 4.52 Å². The number of hydrogen-bond acceptors (Lipinski definition) is 2. The van der Waals surface area contributed by atoms with Crippen LogP contribution in [0.25, 0.3) is 11.1 Å². The molecule has 0 aromatic carbocycles. The summed E-state index contributed by atoms with van der Waals surface area (Å²) in [5.74, 6) is 0. The second-order valence-corrected chi connectivity index (χ2v) is 2.64. The van der Waals surface area contributed by atoms with E-state index in [0.717, 1.165) is 22.4 Å². The van der Waals surface area contributed by atoms with Gasteiger partial charge in [0.05, 0.1) is 0 Å². The van der Waals surface area contributed by atoms with Crippen LogP contribution in [0.3, 0.4) is 0 Å². The van der Waals surface area contributed by atoms with Gasteiger partial charge in [0.15, 0.2) is 0 Å². The zero-order chi connectivity index (χ0) is 10.4. The first-order valence-corrected chi connectivity index (χ1v) is 4.39. The van der Waals surface area contributed by atoms with Gasteiger partial charge in [-0.25, -0.2) is 0 Å². The minimum atomic E-state index is 0.803. The van der Waals surface area contributed by atoms with Crippen LogP contribution < -0.4 is 0 Å². The molecule has 0 radical (unpaired) electrons. The van der Waals surface area contributed by atoms with Crippen molar-refractivity contribution in [1.29, 1.82) is 0 Å². The highest BCUT2D eigenvalue weighted by Crippen LogP contribution is 2.21. The SMILES string of the molecule is C=C(C)c1conc1C(=C)C.CC. The maximum Gasteiger partial charge on any atom is 0.131 e. The molecule has 0 saturated carbocycles. The molecule has 0 aliphatic rings. The van der Waals surface area contributed by atoms with Crippen LogP contribution in [0.4, 0.5) is 0 Å². The average molecular weight is 179 g/mol.